The van der Waals surface area contributed by atoms with Crippen LogP contribution in [0, 0.1) is 17.4 Å². The van der Waals surface area contributed by atoms with Crippen molar-refractivity contribution in [2.45, 2.75) is 19.8 Å². The molecule has 74 valence electrons. The Kier molecular flexibility index (Phi) is 6.65. The minimum Gasteiger partial charge on any atom is -0.369 e. The second-order valence-electron chi connectivity index (χ2n) is 3.07. The zero-order valence-corrected chi connectivity index (χ0v) is 7.95. The van der Waals surface area contributed by atoms with E-state index in [0.717, 1.165) is 5.92 Å². The van der Waals surface area contributed by atoms with E-state index in [0.29, 0.717) is 0 Å². The van der Waals surface area contributed by atoms with Crippen LogP contribution in [0.1, 0.15) is 19.8 Å². The molecule has 1 rings (SSSR count). The fourth-order valence-corrected chi connectivity index (χ4v) is 1.02. The van der Waals surface area contributed by atoms with Crippen LogP contribution in [-0.2, 0) is 0 Å². The Morgan fingerprint density at radius 3 is 2.15 bits per heavy atom. The average Bonchev–Trinajstić information content (AvgIpc) is 2.06. The largest absolute Gasteiger partial charge is 0.369 e. The molecule has 1 aliphatic heterocycles. The monoisotopic (exact) mass is 183 g/mol. The topological polar surface area (TPSA) is 100 Å². The van der Waals surface area contributed by atoms with Gasteiger partial charge in [0.25, 0.3) is 0 Å². The highest BCUT2D eigenvalue weighted by atomic mass is 15.0. The van der Waals surface area contributed by atoms with E-state index in [4.69, 9.17) is 16.7 Å². The number of hydrogen-bond donors (Lipinski definition) is 3. The Morgan fingerprint density at radius 2 is 2.00 bits per heavy atom. The van der Waals surface area contributed by atoms with Crippen LogP contribution in [0.3, 0.4) is 0 Å². The molecule has 5 N–H and O–H groups in total. The van der Waals surface area contributed by atoms with Crippen molar-refractivity contribution in [2.75, 3.05) is 13.1 Å². The second kappa shape index (κ2) is 7.37. The first-order chi connectivity index (χ1) is 6.16. The van der Waals surface area contributed by atoms with Crippen LogP contribution >= 0.6 is 0 Å². The lowest BCUT2D eigenvalue weighted by molar-refractivity contribution is 0.402. The molecule has 1 fully saturated rings. The van der Waals surface area contributed by atoms with Crippen molar-refractivity contribution >= 4 is 5.96 Å². The van der Waals surface area contributed by atoms with Gasteiger partial charge in [0.1, 0.15) is 0 Å². The summed E-state index contributed by atoms with van der Waals surface area (Å²) in [6, 6.07) is 0. The smallest absolute Gasteiger partial charge is 0.209 e. The lowest BCUT2D eigenvalue weighted by Crippen LogP contribution is -2.26. The maximum absolute atomic E-state index is 7.64. The average molecular weight is 183 g/mol. The molecule has 0 saturated carbocycles. The standard InChI is InChI=1S/C6H13N.C2H4N4/c1-6-2-4-7-5-3-6;3-1-6-2(4)5/h6-7H,2-5H2,1H3;(H4,4,5,6). The SMILES string of the molecule is CC1CCNCC1.N#CN=C(N)N. The Hall–Kier alpha value is -1.28. The summed E-state index contributed by atoms with van der Waals surface area (Å²) in [7, 11) is 0. The van der Waals surface area contributed by atoms with Gasteiger partial charge in [-0.05, 0) is 31.8 Å². The first-order valence-corrected chi connectivity index (χ1v) is 4.35. The normalized spacial score (nSPS) is 16.3. The van der Waals surface area contributed by atoms with Crippen LogP contribution in [0.25, 0.3) is 0 Å². The van der Waals surface area contributed by atoms with E-state index in [1.54, 1.807) is 0 Å². The molecule has 0 aromatic carbocycles. The summed E-state index contributed by atoms with van der Waals surface area (Å²) >= 11 is 0. The molecule has 1 saturated heterocycles. The van der Waals surface area contributed by atoms with E-state index in [-0.39, 0.29) is 5.96 Å². The first-order valence-electron chi connectivity index (χ1n) is 4.35. The fraction of sp³-hybridized carbons (Fsp3) is 0.750. The van der Waals surface area contributed by atoms with Gasteiger partial charge in [-0.1, -0.05) is 6.92 Å². The van der Waals surface area contributed by atoms with E-state index >= 15 is 0 Å². The number of guanidine groups is 1. The zero-order chi connectivity index (χ0) is 10.1. The van der Waals surface area contributed by atoms with Gasteiger partial charge in [-0.2, -0.15) is 5.26 Å². The highest BCUT2D eigenvalue weighted by Gasteiger charge is 2.04. The number of nitrogens with zero attached hydrogens (tertiary/aromatic N) is 2. The molecule has 1 aliphatic rings. The van der Waals surface area contributed by atoms with Crippen molar-refractivity contribution in [2.24, 2.45) is 22.4 Å². The number of nitrogens with two attached hydrogens (primary N) is 2. The summed E-state index contributed by atoms with van der Waals surface area (Å²) < 4.78 is 0. The molecule has 5 heteroatoms. The molecule has 0 aliphatic carbocycles. The molecule has 1 heterocycles. The molecule has 0 atom stereocenters. The van der Waals surface area contributed by atoms with E-state index in [1.165, 1.54) is 32.1 Å². The lowest BCUT2D eigenvalue weighted by atomic mass is 10.0. The molecule has 0 bridgehead atoms. The number of hydrogen-bond acceptors (Lipinski definition) is 3. The van der Waals surface area contributed by atoms with Crippen molar-refractivity contribution in [3.05, 3.63) is 0 Å². The van der Waals surface area contributed by atoms with E-state index in [2.05, 4.69) is 17.2 Å². The number of aliphatic imine (C=N–C) groups is 1. The lowest BCUT2D eigenvalue weighted by Gasteiger charge is -2.17. The third-order valence-electron chi connectivity index (χ3n) is 1.81. The predicted octanol–water partition coefficient (Wildman–Crippen LogP) is -0.253. The summed E-state index contributed by atoms with van der Waals surface area (Å²) in [4.78, 5) is 2.90. The Balaban J connectivity index is 0.000000226. The van der Waals surface area contributed by atoms with Crippen molar-refractivity contribution in [1.29, 1.82) is 5.26 Å². The molecule has 0 radical (unpaired) electrons. The van der Waals surface area contributed by atoms with Crippen LogP contribution in [0.15, 0.2) is 4.99 Å². The van der Waals surface area contributed by atoms with Crippen LogP contribution in [0.4, 0.5) is 0 Å². The van der Waals surface area contributed by atoms with Gasteiger partial charge >= 0.3 is 0 Å². The van der Waals surface area contributed by atoms with E-state index in [1.807, 2.05) is 0 Å². The van der Waals surface area contributed by atoms with Gasteiger partial charge in [0.15, 0.2) is 0 Å². The van der Waals surface area contributed by atoms with Crippen LogP contribution in [0.5, 0.6) is 0 Å². The number of nitriles is 1. The highest BCUT2D eigenvalue weighted by molar-refractivity contribution is 5.76. The molecular formula is C8H17N5. The summed E-state index contributed by atoms with van der Waals surface area (Å²) in [5.41, 5.74) is 9.42. The number of rotatable bonds is 0. The van der Waals surface area contributed by atoms with Gasteiger partial charge in [-0.25, -0.2) is 0 Å². The quantitative estimate of drug-likeness (QED) is 0.274. The number of piperidine rings is 1. The Labute approximate surface area is 78.8 Å². The summed E-state index contributed by atoms with van der Waals surface area (Å²) in [6.45, 7) is 4.79. The third-order valence-corrected chi connectivity index (χ3v) is 1.81. The van der Waals surface area contributed by atoms with Crippen LogP contribution in [0.2, 0.25) is 0 Å². The van der Waals surface area contributed by atoms with Gasteiger partial charge in [0, 0.05) is 0 Å². The van der Waals surface area contributed by atoms with E-state index in [9.17, 15) is 0 Å². The molecule has 0 aromatic rings. The third kappa shape index (κ3) is 8.63. The molecule has 0 aromatic heterocycles. The van der Waals surface area contributed by atoms with Gasteiger partial charge in [-0.3, -0.25) is 0 Å². The summed E-state index contributed by atoms with van der Waals surface area (Å²) in [5, 5.41) is 11.0. The second-order valence-corrected chi connectivity index (χ2v) is 3.07. The van der Waals surface area contributed by atoms with Crippen molar-refractivity contribution < 1.29 is 0 Å². The summed E-state index contributed by atoms with van der Waals surface area (Å²) in [6.07, 6.45) is 4.16. The minimum absolute atomic E-state index is 0.197. The molecule has 5 nitrogen and oxygen atoms in total. The Morgan fingerprint density at radius 1 is 1.46 bits per heavy atom. The molecule has 0 unspecified atom stereocenters. The Bertz CT molecular complexity index is 183. The molecule has 0 spiro atoms. The first kappa shape index (κ1) is 11.7. The van der Waals surface area contributed by atoms with Crippen LogP contribution in [-0.4, -0.2) is 19.0 Å². The van der Waals surface area contributed by atoms with Gasteiger partial charge < -0.3 is 16.8 Å². The number of nitrogens with one attached hydrogen (secondary N) is 1. The predicted molar refractivity (Wildman–Crippen MR) is 52.7 cm³/mol. The van der Waals surface area contributed by atoms with Crippen molar-refractivity contribution in [3.8, 4) is 6.19 Å². The maximum atomic E-state index is 7.64. The highest BCUT2D eigenvalue weighted by Crippen LogP contribution is 2.08. The van der Waals surface area contributed by atoms with Gasteiger partial charge in [0.05, 0.1) is 0 Å². The van der Waals surface area contributed by atoms with Crippen LogP contribution < -0.4 is 16.8 Å². The van der Waals surface area contributed by atoms with Gasteiger partial charge in [0.2, 0.25) is 12.2 Å². The molecule has 13 heavy (non-hydrogen) atoms. The fourth-order valence-electron chi connectivity index (χ4n) is 1.02. The van der Waals surface area contributed by atoms with Crippen molar-refractivity contribution in [1.82, 2.24) is 5.32 Å². The van der Waals surface area contributed by atoms with Gasteiger partial charge in [-0.15, -0.1) is 4.99 Å². The van der Waals surface area contributed by atoms with Crippen molar-refractivity contribution in [3.63, 3.8) is 0 Å². The zero-order valence-electron chi connectivity index (χ0n) is 7.95. The van der Waals surface area contributed by atoms with E-state index < -0.39 is 0 Å². The minimum atomic E-state index is -0.197. The maximum Gasteiger partial charge on any atom is 0.209 e. The molecular weight excluding hydrogens is 166 g/mol. The summed E-state index contributed by atoms with van der Waals surface area (Å²) in [5.74, 6) is 0.777. The molecule has 0 amide bonds.